The van der Waals surface area contributed by atoms with E-state index in [1.807, 2.05) is 18.2 Å². The summed E-state index contributed by atoms with van der Waals surface area (Å²) in [6.45, 7) is 5.55. The third kappa shape index (κ3) is 3.08. The van der Waals surface area contributed by atoms with Crippen molar-refractivity contribution in [1.29, 1.82) is 0 Å². The molecular weight excluding hydrogens is 262 g/mol. The minimum Gasteiger partial charge on any atom is -0.353 e. The number of hydrogen-bond donors (Lipinski definition) is 2. The average Bonchev–Trinajstić information content (AvgIpc) is 3.31. The van der Waals surface area contributed by atoms with Crippen molar-refractivity contribution in [3.8, 4) is 0 Å². The van der Waals surface area contributed by atoms with E-state index >= 15 is 0 Å². The first-order valence-corrected chi connectivity index (χ1v) is 7.69. The van der Waals surface area contributed by atoms with E-state index in [1.165, 1.54) is 19.3 Å². The zero-order valence-electron chi connectivity index (χ0n) is 12.7. The van der Waals surface area contributed by atoms with Gasteiger partial charge in [-0.1, -0.05) is 26.0 Å². The summed E-state index contributed by atoms with van der Waals surface area (Å²) in [6.07, 6.45) is 3.67. The Morgan fingerprint density at radius 2 is 2.05 bits per heavy atom. The van der Waals surface area contributed by atoms with Gasteiger partial charge < -0.3 is 4.90 Å². The molecule has 1 heterocycles. The Morgan fingerprint density at radius 3 is 2.71 bits per heavy atom. The van der Waals surface area contributed by atoms with Crippen molar-refractivity contribution in [3.63, 3.8) is 0 Å². The number of rotatable bonds is 6. The molecule has 1 aromatic heterocycles. The molecule has 3 rings (SSSR count). The van der Waals surface area contributed by atoms with Crippen LogP contribution >= 0.6 is 0 Å². The van der Waals surface area contributed by atoms with Gasteiger partial charge in [0.2, 0.25) is 5.95 Å². The van der Waals surface area contributed by atoms with Crippen LogP contribution in [0.1, 0.15) is 33.1 Å². The van der Waals surface area contributed by atoms with Gasteiger partial charge in [-0.05, 0) is 37.3 Å². The van der Waals surface area contributed by atoms with E-state index in [9.17, 15) is 0 Å². The quantitative estimate of drug-likeness (QED) is 0.631. The van der Waals surface area contributed by atoms with Gasteiger partial charge in [-0.2, -0.15) is 4.98 Å². The maximum atomic E-state index is 5.53. The van der Waals surface area contributed by atoms with Gasteiger partial charge in [0.25, 0.3) is 0 Å². The number of benzene rings is 1. The molecule has 0 aliphatic heterocycles. The van der Waals surface area contributed by atoms with Crippen molar-refractivity contribution in [2.45, 2.75) is 39.2 Å². The molecule has 21 heavy (non-hydrogen) atoms. The highest BCUT2D eigenvalue weighted by Gasteiger charge is 2.31. The molecule has 1 aliphatic carbocycles. The van der Waals surface area contributed by atoms with Crippen molar-refractivity contribution in [2.75, 3.05) is 16.9 Å². The Bertz CT molecular complexity index is 621. The van der Waals surface area contributed by atoms with Gasteiger partial charge in [-0.3, -0.25) is 5.43 Å². The Morgan fingerprint density at radius 1 is 1.29 bits per heavy atom. The first kappa shape index (κ1) is 14.1. The molecule has 2 aromatic rings. The summed E-state index contributed by atoms with van der Waals surface area (Å²) >= 11 is 0. The van der Waals surface area contributed by atoms with Crippen molar-refractivity contribution in [1.82, 2.24) is 9.97 Å². The number of nitrogens with one attached hydrogen (secondary N) is 1. The number of anilines is 2. The largest absolute Gasteiger partial charge is 0.353 e. The summed E-state index contributed by atoms with van der Waals surface area (Å²) in [5.41, 5.74) is 3.53. The van der Waals surface area contributed by atoms with Crippen LogP contribution < -0.4 is 16.2 Å². The van der Waals surface area contributed by atoms with Crippen LogP contribution in [0.4, 0.5) is 11.8 Å². The fourth-order valence-corrected chi connectivity index (χ4v) is 2.59. The van der Waals surface area contributed by atoms with Crippen LogP contribution in [0.25, 0.3) is 10.9 Å². The van der Waals surface area contributed by atoms with Crippen LogP contribution in [0.3, 0.4) is 0 Å². The lowest BCUT2D eigenvalue weighted by Crippen LogP contribution is -2.29. The minimum absolute atomic E-state index is 0.485. The third-order valence-electron chi connectivity index (χ3n) is 3.92. The molecule has 5 heteroatoms. The molecule has 0 amide bonds. The molecule has 1 aliphatic rings. The lowest BCUT2D eigenvalue weighted by atomic mass is 10.1. The van der Waals surface area contributed by atoms with Crippen LogP contribution in [0.5, 0.6) is 0 Å². The predicted octanol–water partition coefficient (Wildman–Crippen LogP) is 2.93. The van der Waals surface area contributed by atoms with E-state index < -0.39 is 0 Å². The molecule has 112 valence electrons. The normalized spacial score (nSPS) is 14.7. The van der Waals surface area contributed by atoms with Gasteiger partial charge in [-0.15, -0.1) is 0 Å². The average molecular weight is 285 g/mol. The van der Waals surface area contributed by atoms with E-state index in [-0.39, 0.29) is 0 Å². The predicted molar refractivity (Wildman–Crippen MR) is 87.2 cm³/mol. The van der Waals surface area contributed by atoms with Crippen LogP contribution in [-0.4, -0.2) is 22.6 Å². The van der Waals surface area contributed by atoms with E-state index in [1.54, 1.807) is 0 Å². The highest BCUT2D eigenvalue weighted by molar-refractivity contribution is 5.90. The first-order valence-electron chi connectivity index (χ1n) is 7.69. The highest BCUT2D eigenvalue weighted by Crippen LogP contribution is 2.35. The number of aromatic nitrogens is 2. The van der Waals surface area contributed by atoms with Crippen LogP contribution in [-0.2, 0) is 0 Å². The van der Waals surface area contributed by atoms with E-state index in [0.717, 1.165) is 23.3 Å². The molecule has 0 saturated heterocycles. The Labute approximate surface area is 125 Å². The SMILES string of the molecule is CC(C)CCN(c1nc(NN)nc2ccccc12)C1CC1. The number of fused-ring (bicyclic) bond motifs is 1. The third-order valence-corrected chi connectivity index (χ3v) is 3.92. The fourth-order valence-electron chi connectivity index (χ4n) is 2.59. The van der Waals surface area contributed by atoms with Crippen molar-refractivity contribution in [2.24, 2.45) is 11.8 Å². The number of nitrogen functional groups attached to an aromatic ring is 1. The van der Waals surface area contributed by atoms with Gasteiger partial charge in [0.15, 0.2) is 0 Å². The summed E-state index contributed by atoms with van der Waals surface area (Å²) in [7, 11) is 0. The van der Waals surface area contributed by atoms with Gasteiger partial charge in [0.05, 0.1) is 5.52 Å². The van der Waals surface area contributed by atoms with E-state index in [0.29, 0.717) is 17.9 Å². The highest BCUT2D eigenvalue weighted by atomic mass is 15.3. The van der Waals surface area contributed by atoms with Crippen molar-refractivity contribution < 1.29 is 0 Å². The second-order valence-corrected chi connectivity index (χ2v) is 6.14. The van der Waals surface area contributed by atoms with Crippen molar-refractivity contribution >= 4 is 22.7 Å². The molecular formula is C16H23N5. The summed E-state index contributed by atoms with van der Waals surface area (Å²) in [5.74, 6) is 7.71. The Hall–Kier alpha value is -1.88. The lowest BCUT2D eigenvalue weighted by molar-refractivity contribution is 0.569. The monoisotopic (exact) mass is 285 g/mol. The second kappa shape index (κ2) is 5.85. The topological polar surface area (TPSA) is 67.1 Å². The number of nitrogens with zero attached hydrogens (tertiary/aromatic N) is 3. The molecule has 0 bridgehead atoms. The number of hydrazine groups is 1. The standard InChI is InChI=1S/C16H23N5/c1-11(2)9-10-21(12-7-8-12)15-13-5-3-4-6-14(13)18-16(19-15)20-17/h3-6,11-12H,7-10,17H2,1-2H3,(H,18,19,20). The molecule has 0 spiro atoms. The Kier molecular flexibility index (Phi) is 3.92. The maximum absolute atomic E-state index is 5.53. The summed E-state index contributed by atoms with van der Waals surface area (Å²) in [6, 6.07) is 8.75. The smallest absolute Gasteiger partial charge is 0.239 e. The fraction of sp³-hybridized carbons (Fsp3) is 0.500. The second-order valence-electron chi connectivity index (χ2n) is 6.14. The van der Waals surface area contributed by atoms with Crippen LogP contribution in [0.2, 0.25) is 0 Å². The Balaban J connectivity index is 2.02. The van der Waals surface area contributed by atoms with E-state index in [2.05, 4.69) is 40.2 Å². The summed E-state index contributed by atoms with van der Waals surface area (Å²) in [5, 5.41) is 1.10. The van der Waals surface area contributed by atoms with Gasteiger partial charge >= 0.3 is 0 Å². The molecule has 5 nitrogen and oxygen atoms in total. The lowest BCUT2D eigenvalue weighted by Gasteiger charge is -2.26. The first-order chi connectivity index (χ1) is 10.2. The number of nitrogens with two attached hydrogens (primary N) is 1. The molecule has 0 radical (unpaired) electrons. The molecule has 0 atom stereocenters. The van der Waals surface area contributed by atoms with Crippen molar-refractivity contribution in [3.05, 3.63) is 24.3 Å². The van der Waals surface area contributed by atoms with Gasteiger partial charge in [0, 0.05) is 18.0 Å². The maximum Gasteiger partial charge on any atom is 0.239 e. The van der Waals surface area contributed by atoms with Crippen LogP contribution in [0, 0.1) is 5.92 Å². The van der Waals surface area contributed by atoms with Crippen LogP contribution in [0.15, 0.2) is 24.3 Å². The number of hydrogen-bond acceptors (Lipinski definition) is 5. The number of para-hydroxylation sites is 1. The zero-order chi connectivity index (χ0) is 14.8. The van der Waals surface area contributed by atoms with E-state index in [4.69, 9.17) is 5.84 Å². The zero-order valence-corrected chi connectivity index (χ0v) is 12.7. The minimum atomic E-state index is 0.485. The summed E-state index contributed by atoms with van der Waals surface area (Å²) in [4.78, 5) is 11.5. The molecule has 1 fully saturated rings. The molecule has 3 N–H and O–H groups in total. The molecule has 0 unspecified atom stereocenters. The van der Waals surface area contributed by atoms with Gasteiger partial charge in [0.1, 0.15) is 5.82 Å². The molecule has 1 aromatic carbocycles. The summed E-state index contributed by atoms with van der Waals surface area (Å²) < 4.78 is 0. The van der Waals surface area contributed by atoms with Gasteiger partial charge in [-0.25, -0.2) is 10.8 Å². The molecule has 1 saturated carbocycles.